The predicted octanol–water partition coefficient (Wildman–Crippen LogP) is 2.33. The van der Waals surface area contributed by atoms with Gasteiger partial charge in [0.05, 0.1) is 16.8 Å². The molecule has 2 aromatic rings. The Kier molecular flexibility index (Phi) is 5.34. The molecule has 0 fully saturated rings. The number of hydrogen-bond acceptors (Lipinski definition) is 8. The standard InChI is InChI=1S/C15H17N3O4S2/c1-18(21)5-2-6-22-9-3-4-10-12(7-9)24-14(16-10)13-17-11(8-23-13)15(19)20/h3-4,7,11,21H,2,5-6,8H2,1H3,(H,19,20). The van der Waals surface area contributed by atoms with Crippen LogP contribution in [0.25, 0.3) is 10.2 Å². The third kappa shape index (κ3) is 4.04. The molecule has 2 N–H and O–H groups in total. The first-order chi connectivity index (χ1) is 11.5. The summed E-state index contributed by atoms with van der Waals surface area (Å²) in [5.74, 6) is 0.305. The minimum atomic E-state index is -0.900. The zero-order valence-electron chi connectivity index (χ0n) is 13.0. The van der Waals surface area contributed by atoms with Gasteiger partial charge in [0.25, 0.3) is 0 Å². The molecule has 7 nitrogen and oxygen atoms in total. The van der Waals surface area contributed by atoms with Gasteiger partial charge in [-0.2, -0.15) is 5.06 Å². The number of aromatic nitrogens is 1. The van der Waals surface area contributed by atoms with Crippen molar-refractivity contribution < 1.29 is 19.8 Å². The number of aliphatic imine (C=N–C) groups is 1. The Morgan fingerprint density at radius 1 is 1.50 bits per heavy atom. The van der Waals surface area contributed by atoms with Crippen LogP contribution in [0, 0.1) is 0 Å². The maximum Gasteiger partial charge on any atom is 0.329 e. The minimum Gasteiger partial charge on any atom is -0.493 e. The highest BCUT2D eigenvalue weighted by Gasteiger charge is 2.26. The van der Waals surface area contributed by atoms with Gasteiger partial charge in [-0.3, -0.25) is 4.99 Å². The van der Waals surface area contributed by atoms with Crippen LogP contribution in [0.2, 0.25) is 0 Å². The highest BCUT2D eigenvalue weighted by Crippen LogP contribution is 2.31. The van der Waals surface area contributed by atoms with Crippen LogP contribution in [-0.4, -0.2) is 63.4 Å². The van der Waals surface area contributed by atoms with E-state index in [-0.39, 0.29) is 0 Å². The molecule has 0 radical (unpaired) electrons. The van der Waals surface area contributed by atoms with E-state index in [0.29, 0.717) is 23.9 Å². The molecule has 1 unspecified atom stereocenters. The molecule has 128 valence electrons. The first-order valence-electron chi connectivity index (χ1n) is 7.40. The zero-order valence-corrected chi connectivity index (χ0v) is 14.6. The Hall–Kier alpha value is -1.68. The number of fused-ring (bicyclic) bond motifs is 1. The molecule has 3 rings (SSSR count). The summed E-state index contributed by atoms with van der Waals surface area (Å²) in [5, 5.41) is 20.7. The van der Waals surface area contributed by atoms with Crippen LogP contribution in [0.15, 0.2) is 23.2 Å². The fraction of sp³-hybridized carbons (Fsp3) is 0.400. The number of aliphatic carboxylic acids is 1. The number of carboxylic acids is 1. The van der Waals surface area contributed by atoms with Crippen molar-refractivity contribution in [2.75, 3.05) is 26.0 Å². The molecule has 1 aliphatic heterocycles. The average molecular weight is 367 g/mol. The minimum absolute atomic E-state index is 0.453. The molecule has 0 bridgehead atoms. The predicted molar refractivity (Wildman–Crippen MR) is 94.6 cm³/mol. The molecule has 9 heteroatoms. The van der Waals surface area contributed by atoms with Crippen LogP contribution in [0.1, 0.15) is 11.4 Å². The molecule has 24 heavy (non-hydrogen) atoms. The van der Waals surface area contributed by atoms with Gasteiger partial charge < -0.3 is 15.1 Å². The Labute approximate surface area is 146 Å². The third-order valence-electron chi connectivity index (χ3n) is 3.37. The summed E-state index contributed by atoms with van der Waals surface area (Å²) in [4.78, 5) is 19.7. The van der Waals surface area contributed by atoms with Crippen molar-refractivity contribution in [2.24, 2.45) is 4.99 Å². The summed E-state index contributed by atoms with van der Waals surface area (Å²) in [5.41, 5.74) is 0.847. The Morgan fingerprint density at radius 2 is 2.33 bits per heavy atom. The van der Waals surface area contributed by atoms with Crippen molar-refractivity contribution in [3.63, 3.8) is 0 Å². The highest BCUT2D eigenvalue weighted by molar-refractivity contribution is 8.15. The lowest BCUT2D eigenvalue weighted by atomic mass is 10.3. The molecule has 1 aromatic carbocycles. The van der Waals surface area contributed by atoms with Gasteiger partial charge in [0.15, 0.2) is 6.04 Å². The highest BCUT2D eigenvalue weighted by atomic mass is 32.2. The van der Waals surface area contributed by atoms with E-state index in [9.17, 15) is 4.79 Å². The molecule has 2 heterocycles. The fourth-order valence-electron chi connectivity index (χ4n) is 2.19. The van der Waals surface area contributed by atoms with Gasteiger partial charge in [-0.05, 0) is 24.6 Å². The lowest BCUT2D eigenvalue weighted by Crippen LogP contribution is -2.17. The number of benzene rings is 1. The van der Waals surface area contributed by atoms with Gasteiger partial charge in [0, 0.05) is 19.3 Å². The van der Waals surface area contributed by atoms with Gasteiger partial charge >= 0.3 is 5.97 Å². The van der Waals surface area contributed by atoms with Crippen LogP contribution >= 0.6 is 23.1 Å². The largest absolute Gasteiger partial charge is 0.493 e. The molecule has 0 aliphatic carbocycles. The van der Waals surface area contributed by atoms with E-state index < -0.39 is 12.0 Å². The number of thiazole rings is 1. The molecular weight excluding hydrogens is 350 g/mol. The fourth-order valence-corrected chi connectivity index (χ4v) is 4.28. The lowest BCUT2D eigenvalue weighted by molar-refractivity contribution is -0.137. The second-order valence-electron chi connectivity index (χ2n) is 5.33. The molecule has 1 atom stereocenters. The van der Waals surface area contributed by atoms with E-state index in [1.54, 1.807) is 7.05 Å². The van der Waals surface area contributed by atoms with E-state index in [4.69, 9.17) is 15.1 Å². The van der Waals surface area contributed by atoms with Crippen molar-refractivity contribution in [2.45, 2.75) is 12.5 Å². The first-order valence-corrected chi connectivity index (χ1v) is 9.20. The SMILES string of the molecule is CN(O)CCCOc1ccc2nc(C3=NC(C(=O)O)CS3)sc2c1. The second-order valence-corrected chi connectivity index (χ2v) is 7.37. The molecule has 1 aliphatic rings. The number of rotatable bonds is 7. The monoisotopic (exact) mass is 367 g/mol. The van der Waals surface area contributed by atoms with Crippen molar-refractivity contribution in [3.05, 3.63) is 23.2 Å². The maximum absolute atomic E-state index is 11.0. The summed E-state index contributed by atoms with van der Waals surface area (Å²) < 4.78 is 6.65. The normalized spacial score (nSPS) is 17.5. The van der Waals surface area contributed by atoms with Gasteiger partial charge in [-0.1, -0.05) is 0 Å². The molecule has 0 amide bonds. The van der Waals surface area contributed by atoms with Gasteiger partial charge in [-0.15, -0.1) is 23.1 Å². The summed E-state index contributed by atoms with van der Waals surface area (Å²) in [6.45, 7) is 1.07. The van der Waals surface area contributed by atoms with Crippen LogP contribution in [-0.2, 0) is 4.79 Å². The van der Waals surface area contributed by atoms with Crippen molar-refractivity contribution in [1.82, 2.24) is 10.0 Å². The zero-order chi connectivity index (χ0) is 17.1. The second kappa shape index (κ2) is 7.47. The van der Waals surface area contributed by atoms with Crippen molar-refractivity contribution >= 4 is 44.3 Å². The smallest absolute Gasteiger partial charge is 0.329 e. The van der Waals surface area contributed by atoms with Crippen LogP contribution in [0.4, 0.5) is 0 Å². The van der Waals surface area contributed by atoms with Crippen LogP contribution < -0.4 is 4.74 Å². The summed E-state index contributed by atoms with van der Waals surface area (Å²) in [7, 11) is 1.60. The van der Waals surface area contributed by atoms with E-state index in [2.05, 4.69) is 9.98 Å². The first kappa shape index (κ1) is 17.2. The van der Waals surface area contributed by atoms with Crippen molar-refractivity contribution in [3.8, 4) is 5.75 Å². The summed E-state index contributed by atoms with van der Waals surface area (Å²) >= 11 is 2.91. The molecule has 0 saturated heterocycles. The number of nitrogens with zero attached hydrogens (tertiary/aromatic N) is 3. The van der Waals surface area contributed by atoms with E-state index >= 15 is 0 Å². The maximum atomic E-state index is 11.0. The van der Waals surface area contributed by atoms with E-state index in [1.807, 2.05) is 18.2 Å². The van der Waals surface area contributed by atoms with Gasteiger partial charge in [-0.25, -0.2) is 9.78 Å². The Balaban J connectivity index is 1.70. The molecule has 1 aromatic heterocycles. The number of hydroxylamine groups is 2. The molecule has 0 saturated carbocycles. The topological polar surface area (TPSA) is 95.3 Å². The number of hydrogen-bond donors (Lipinski definition) is 2. The Morgan fingerprint density at radius 3 is 3.04 bits per heavy atom. The molecular formula is C15H17N3O4S2. The Bertz CT molecular complexity index is 775. The van der Waals surface area contributed by atoms with Crippen LogP contribution in [0.5, 0.6) is 5.75 Å². The van der Waals surface area contributed by atoms with E-state index in [0.717, 1.165) is 32.5 Å². The van der Waals surface area contributed by atoms with Gasteiger partial charge in [0.1, 0.15) is 15.8 Å². The number of thioether (sulfide) groups is 1. The number of ether oxygens (including phenoxy) is 1. The summed E-state index contributed by atoms with van der Waals surface area (Å²) in [6, 6.07) is 4.99. The quantitative estimate of drug-likeness (QED) is 0.573. The summed E-state index contributed by atoms with van der Waals surface area (Å²) in [6.07, 6.45) is 0.725. The molecule has 0 spiro atoms. The van der Waals surface area contributed by atoms with Gasteiger partial charge in [0.2, 0.25) is 0 Å². The number of carboxylic acid groups (broad SMARTS) is 1. The van der Waals surface area contributed by atoms with Crippen molar-refractivity contribution in [1.29, 1.82) is 0 Å². The number of carbonyl (C=O) groups is 1. The van der Waals surface area contributed by atoms with E-state index in [1.165, 1.54) is 23.1 Å². The third-order valence-corrected chi connectivity index (χ3v) is 5.58. The average Bonchev–Trinajstić information content (AvgIpc) is 3.17. The lowest BCUT2D eigenvalue weighted by Gasteiger charge is -2.09. The van der Waals surface area contributed by atoms with Crippen LogP contribution in [0.3, 0.4) is 0 Å².